The summed E-state index contributed by atoms with van der Waals surface area (Å²) in [4.78, 5) is 12.3. The molecule has 0 aliphatic carbocycles. The molecule has 0 spiro atoms. The zero-order chi connectivity index (χ0) is 18.5. The molecule has 2 aromatic carbocycles. The Kier molecular flexibility index (Phi) is 5.40. The maximum atomic E-state index is 12.3. The van der Waals surface area contributed by atoms with E-state index in [1.165, 1.54) is 19.2 Å². The van der Waals surface area contributed by atoms with Crippen LogP contribution in [-0.2, 0) is 6.54 Å². The average Bonchev–Trinajstić information content (AvgIpc) is 2.66. The van der Waals surface area contributed by atoms with Crippen molar-refractivity contribution in [1.82, 2.24) is 5.32 Å². The highest BCUT2D eigenvalue weighted by Crippen LogP contribution is 2.31. The van der Waals surface area contributed by atoms with E-state index in [0.29, 0.717) is 35.8 Å². The smallest absolute Gasteiger partial charge is 0.387 e. The molecule has 1 aliphatic rings. The van der Waals surface area contributed by atoms with Crippen molar-refractivity contribution in [2.75, 3.05) is 20.3 Å². The zero-order valence-electron chi connectivity index (χ0n) is 14.0. The number of nitrogens with one attached hydrogen (secondary N) is 1. The third kappa shape index (κ3) is 4.14. The number of benzene rings is 2. The first-order valence-corrected chi connectivity index (χ1v) is 7.86. The largest absolute Gasteiger partial charge is 0.493 e. The predicted molar refractivity (Wildman–Crippen MR) is 88.2 cm³/mol. The molecule has 1 heterocycles. The first kappa shape index (κ1) is 17.8. The third-order valence-electron chi connectivity index (χ3n) is 3.70. The van der Waals surface area contributed by atoms with Crippen LogP contribution in [0.25, 0.3) is 0 Å². The van der Waals surface area contributed by atoms with Crippen molar-refractivity contribution in [3.05, 3.63) is 47.5 Å². The summed E-state index contributed by atoms with van der Waals surface area (Å²) in [6.45, 7) is -1.83. The van der Waals surface area contributed by atoms with Crippen molar-refractivity contribution in [2.45, 2.75) is 13.2 Å². The molecule has 0 radical (unpaired) electrons. The minimum Gasteiger partial charge on any atom is -0.493 e. The maximum absolute atomic E-state index is 12.3. The first-order chi connectivity index (χ1) is 12.6. The summed E-state index contributed by atoms with van der Waals surface area (Å²) < 4.78 is 45.0. The Balaban J connectivity index is 1.66. The van der Waals surface area contributed by atoms with Gasteiger partial charge in [-0.3, -0.25) is 4.79 Å². The summed E-state index contributed by atoms with van der Waals surface area (Å²) >= 11 is 0. The van der Waals surface area contributed by atoms with Crippen LogP contribution < -0.4 is 24.3 Å². The highest BCUT2D eigenvalue weighted by molar-refractivity contribution is 5.94. The lowest BCUT2D eigenvalue weighted by atomic mass is 10.1. The van der Waals surface area contributed by atoms with Crippen molar-refractivity contribution in [2.24, 2.45) is 0 Å². The van der Waals surface area contributed by atoms with Gasteiger partial charge in [-0.15, -0.1) is 0 Å². The first-order valence-electron chi connectivity index (χ1n) is 7.86. The molecule has 0 aromatic heterocycles. The fourth-order valence-electron chi connectivity index (χ4n) is 2.48. The normalized spacial score (nSPS) is 12.6. The monoisotopic (exact) mass is 365 g/mol. The van der Waals surface area contributed by atoms with Gasteiger partial charge in [0.2, 0.25) is 0 Å². The average molecular weight is 365 g/mol. The quantitative estimate of drug-likeness (QED) is 0.853. The lowest BCUT2D eigenvalue weighted by Crippen LogP contribution is -2.23. The Morgan fingerprint density at radius 1 is 1.12 bits per heavy atom. The minimum absolute atomic E-state index is 0.0654. The summed E-state index contributed by atoms with van der Waals surface area (Å²) in [5, 5.41) is 2.75. The number of carbonyl (C=O) groups excluding carboxylic acids is 1. The van der Waals surface area contributed by atoms with Gasteiger partial charge >= 0.3 is 6.61 Å². The van der Waals surface area contributed by atoms with Gasteiger partial charge in [-0.25, -0.2) is 0 Å². The molecule has 1 aliphatic heterocycles. The van der Waals surface area contributed by atoms with E-state index < -0.39 is 6.61 Å². The summed E-state index contributed by atoms with van der Waals surface area (Å²) in [6.07, 6.45) is 0. The van der Waals surface area contributed by atoms with E-state index in [9.17, 15) is 13.6 Å². The molecule has 0 atom stereocenters. The van der Waals surface area contributed by atoms with E-state index in [1.807, 2.05) is 0 Å². The molecule has 8 heteroatoms. The highest BCUT2D eigenvalue weighted by atomic mass is 19.3. The number of carbonyl (C=O) groups is 1. The number of alkyl halides is 2. The molecule has 138 valence electrons. The standard InChI is InChI=1S/C18H17F2NO5/c1-23-15-8-11(2-4-14(15)26-18(19)20)10-21-17(22)12-3-5-13-16(9-12)25-7-6-24-13/h2-5,8-9,18H,6-7,10H2,1H3,(H,21,22). The Bertz CT molecular complexity index is 797. The van der Waals surface area contributed by atoms with Gasteiger partial charge in [0.05, 0.1) is 7.11 Å². The number of rotatable bonds is 6. The SMILES string of the molecule is COc1cc(CNC(=O)c2ccc3c(c2)OCCO3)ccc1OC(F)F. The number of amides is 1. The number of hydrogen-bond acceptors (Lipinski definition) is 5. The van der Waals surface area contributed by atoms with Crippen LogP contribution in [-0.4, -0.2) is 32.8 Å². The molecule has 26 heavy (non-hydrogen) atoms. The van der Waals surface area contributed by atoms with Crippen molar-refractivity contribution < 1.29 is 32.5 Å². The van der Waals surface area contributed by atoms with E-state index in [2.05, 4.69) is 10.1 Å². The summed E-state index contributed by atoms with van der Waals surface area (Å²) in [5.41, 5.74) is 1.10. The number of ether oxygens (including phenoxy) is 4. The van der Waals surface area contributed by atoms with E-state index >= 15 is 0 Å². The molecule has 2 aromatic rings. The van der Waals surface area contributed by atoms with E-state index in [4.69, 9.17) is 14.2 Å². The van der Waals surface area contributed by atoms with Crippen molar-refractivity contribution in [1.29, 1.82) is 0 Å². The lowest BCUT2D eigenvalue weighted by molar-refractivity contribution is -0.0512. The van der Waals surface area contributed by atoms with Crippen LogP contribution in [0, 0.1) is 0 Å². The molecular formula is C18H17F2NO5. The van der Waals surface area contributed by atoms with Gasteiger partial charge in [0.1, 0.15) is 13.2 Å². The minimum atomic E-state index is -2.94. The topological polar surface area (TPSA) is 66.0 Å². The number of fused-ring (bicyclic) bond motifs is 1. The third-order valence-corrected chi connectivity index (χ3v) is 3.70. The van der Waals surface area contributed by atoms with Crippen LogP contribution in [0.2, 0.25) is 0 Å². The molecule has 0 fully saturated rings. The van der Waals surface area contributed by atoms with Crippen molar-refractivity contribution in [3.8, 4) is 23.0 Å². The fraction of sp³-hybridized carbons (Fsp3) is 0.278. The Morgan fingerprint density at radius 2 is 1.88 bits per heavy atom. The summed E-state index contributed by atoms with van der Waals surface area (Å²) in [5.74, 6) is 0.931. The van der Waals surface area contributed by atoms with Gasteiger partial charge in [0, 0.05) is 12.1 Å². The fourth-order valence-corrected chi connectivity index (χ4v) is 2.48. The second-order valence-corrected chi connectivity index (χ2v) is 5.40. The van der Waals surface area contributed by atoms with Crippen LogP contribution in [0.1, 0.15) is 15.9 Å². The van der Waals surface area contributed by atoms with Crippen LogP contribution in [0.4, 0.5) is 8.78 Å². The van der Waals surface area contributed by atoms with Gasteiger partial charge < -0.3 is 24.3 Å². The van der Waals surface area contributed by atoms with Gasteiger partial charge in [-0.1, -0.05) is 6.07 Å². The summed E-state index contributed by atoms with van der Waals surface area (Å²) in [6, 6.07) is 9.42. The summed E-state index contributed by atoms with van der Waals surface area (Å²) in [7, 11) is 1.35. The van der Waals surface area contributed by atoms with Crippen LogP contribution in [0.5, 0.6) is 23.0 Å². The predicted octanol–water partition coefficient (Wildman–Crippen LogP) is 3.00. The molecule has 0 saturated heterocycles. The molecule has 1 N–H and O–H groups in total. The second-order valence-electron chi connectivity index (χ2n) is 5.40. The Hall–Kier alpha value is -3.03. The Labute approximate surface area is 148 Å². The van der Waals surface area contributed by atoms with Gasteiger partial charge in [0.25, 0.3) is 5.91 Å². The van der Waals surface area contributed by atoms with Crippen molar-refractivity contribution in [3.63, 3.8) is 0 Å². The number of halogens is 2. The zero-order valence-corrected chi connectivity index (χ0v) is 14.0. The van der Waals surface area contributed by atoms with Crippen LogP contribution in [0.3, 0.4) is 0 Å². The molecule has 0 bridgehead atoms. The van der Waals surface area contributed by atoms with Gasteiger partial charge in [0.15, 0.2) is 23.0 Å². The molecule has 0 unspecified atom stereocenters. The Morgan fingerprint density at radius 3 is 2.62 bits per heavy atom. The van der Waals surface area contributed by atoms with E-state index in [1.54, 1.807) is 24.3 Å². The van der Waals surface area contributed by atoms with E-state index in [-0.39, 0.29) is 24.0 Å². The van der Waals surface area contributed by atoms with Crippen LogP contribution in [0.15, 0.2) is 36.4 Å². The molecule has 3 rings (SSSR count). The van der Waals surface area contributed by atoms with Gasteiger partial charge in [-0.2, -0.15) is 8.78 Å². The number of methoxy groups -OCH3 is 1. The molecule has 0 saturated carbocycles. The number of hydrogen-bond donors (Lipinski definition) is 1. The van der Waals surface area contributed by atoms with Gasteiger partial charge in [-0.05, 0) is 35.9 Å². The maximum Gasteiger partial charge on any atom is 0.387 e. The van der Waals surface area contributed by atoms with E-state index in [0.717, 1.165) is 0 Å². The molecule has 1 amide bonds. The van der Waals surface area contributed by atoms with Crippen molar-refractivity contribution >= 4 is 5.91 Å². The lowest BCUT2D eigenvalue weighted by Gasteiger charge is -2.18. The van der Waals surface area contributed by atoms with Crippen LogP contribution >= 0.6 is 0 Å². The highest BCUT2D eigenvalue weighted by Gasteiger charge is 2.15. The molecular weight excluding hydrogens is 348 g/mol. The second kappa shape index (κ2) is 7.90. The molecule has 6 nitrogen and oxygen atoms in total.